The van der Waals surface area contributed by atoms with Gasteiger partial charge in [0.05, 0.1) is 5.69 Å². The number of nitrogens with zero attached hydrogens (tertiary/aromatic N) is 2. The Morgan fingerprint density at radius 2 is 1.88 bits per heavy atom. The molecule has 1 unspecified atom stereocenters. The van der Waals surface area contributed by atoms with Crippen molar-refractivity contribution in [3.63, 3.8) is 0 Å². The Kier molecular flexibility index (Phi) is 7.10. The summed E-state index contributed by atoms with van der Waals surface area (Å²) in [5.74, 6) is 0.0325. The van der Waals surface area contributed by atoms with Crippen LogP contribution in [0, 0.1) is 5.82 Å². The van der Waals surface area contributed by atoms with E-state index < -0.39 is 10.0 Å². The lowest BCUT2D eigenvalue weighted by Crippen LogP contribution is -2.24. The van der Waals surface area contributed by atoms with Gasteiger partial charge in [0, 0.05) is 35.7 Å². The molecular formula is C26H30FN3O2S. The molecule has 0 saturated carbocycles. The van der Waals surface area contributed by atoms with Gasteiger partial charge in [-0.3, -0.25) is 4.68 Å². The summed E-state index contributed by atoms with van der Waals surface area (Å²) >= 11 is 0. The predicted molar refractivity (Wildman–Crippen MR) is 130 cm³/mol. The fourth-order valence-electron chi connectivity index (χ4n) is 4.69. The van der Waals surface area contributed by atoms with Crippen LogP contribution in [0.25, 0.3) is 6.08 Å². The summed E-state index contributed by atoms with van der Waals surface area (Å²) in [6.07, 6.45) is 6.45. The number of benzene rings is 2. The highest BCUT2D eigenvalue weighted by atomic mass is 32.2. The molecule has 0 saturated heterocycles. The average molecular weight is 468 g/mol. The van der Waals surface area contributed by atoms with E-state index in [1.54, 1.807) is 6.08 Å². The first kappa shape index (κ1) is 23.4. The van der Waals surface area contributed by atoms with Crippen LogP contribution in [-0.4, -0.2) is 18.2 Å². The molecule has 0 bridgehead atoms. The van der Waals surface area contributed by atoms with E-state index in [4.69, 9.17) is 0 Å². The smallest absolute Gasteiger partial charge is 0.234 e. The summed E-state index contributed by atoms with van der Waals surface area (Å²) in [5.41, 5.74) is 4.97. The highest BCUT2D eigenvalue weighted by Gasteiger charge is 2.26. The Balaban J connectivity index is 1.55. The zero-order chi connectivity index (χ0) is 23.4. The van der Waals surface area contributed by atoms with Crippen LogP contribution in [0.3, 0.4) is 0 Å². The molecule has 1 N–H and O–H groups in total. The molecule has 2 atom stereocenters. The van der Waals surface area contributed by atoms with Crippen molar-refractivity contribution in [2.75, 3.05) is 0 Å². The zero-order valence-electron chi connectivity index (χ0n) is 19.0. The van der Waals surface area contributed by atoms with Gasteiger partial charge in [-0.15, -0.1) is 0 Å². The molecular weight excluding hydrogens is 437 g/mol. The standard InChI is InChI=1S/C26H30FN3O2S/c1-19(21-8-4-3-5-9-21)29-33(31,32)17-16-25-24-11-7-6-10-22(26(24)30(2)28-25)18-20-12-14-23(27)15-13-20/h3-5,8-9,12-17,19,22,29H,6-7,10-11,18H2,1-2H3/b17-16+/t19-,22?/m0/s1. The van der Waals surface area contributed by atoms with Crippen molar-refractivity contribution in [3.8, 4) is 0 Å². The fourth-order valence-corrected chi connectivity index (χ4v) is 5.70. The van der Waals surface area contributed by atoms with Crippen molar-refractivity contribution in [2.24, 2.45) is 7.05 Å². The minimum absolute atomic E-state index is 0.232. The maximum absolute atomic E-state index is 13.3. The second-order valence-corrected chi connectivity index (χ2v) is 10.3. The van der Waals surface area contributed by atoms with Crippen LogP contribution in [0.1, 0.15) is 66.2 Å². The van der Waals surface area contributed by atoms with Gasteiger partial charge in [-0.25, -0.2) is 17.5 Å². The summed E-state index contributed by atoms with van der Waals surface area (Å²) in [7, 11) is -1.72. The van der Waals surface area contributed by atoms with Gasteiger partial charge in [0.15, 0.2) is 0 Å². The molecule has 1 aliphatic rings. The van der Waals surface area contributed by atoms with Gasteiger partial charge >= 0.3 is 0 Å². The molecule has 0 aliphatic heterocycles. The van der Waals surface area contributed by atoms with Gasteiger partial charge in [-0.1, -0.05) is 48.9 Å². The van der Waals surface area contributed by atoms with E-state index in [0.717, 1.165) is 54.5 Å². The first-order valence-electron chi connectivity index (χ1n) is 11.4. The van der Waals surface area contributed by atoms with Crippen LogP contribution in [0.5, 0.6) is 0 Å². The van der Waals surface area contributed by atoms with Crippen molar-refractivity contribution < 1.29 is 12.8 Å². The van der Waals surface area contributed by atoms with Crippen molar-refractivity contribution >= 4 is 16.1 Å². The van der Waals surface area contributed by atoms with Crippen LogP contribution < -0.4 is 4.72 Å². The highest BCUT2D eigenvalue weighted by Crippen LogP contribution is 2.35. The summed E-state index contributed by atoms with van der Waals surface area (Å²) in [6, 6.07) is 15.8. The minimum atomic E-state index is -3.64. The molecule has 0 fully saturated rings. The van der Waals surface area contributed by atoms with Gasteiger partial charge < -0.3 is 0 Å². The van der Waals surface area contributed by atoms with E-state index in [0.29, 0.717) is 5.69 Å². The molecule has 4 rings (SSSR count). The first-order chi connectivity index (χ1) is 15.8. The molecule has 1 aliphatic carbocycles. The molecule has 2 aromatic carbocycles. The maximum Gasteiger partial charge on any atom is 0.234 e. The van der Waals surface area contributed by atoms with Crippen LogP contribution in [0.15, 0.2) is 60.0 Å². The SMILES string of the molecule is C[C@H](NS(=O)(=O)/C=C/c1nn(C)c2c1CCCCC2Cc1ccc(F)cc1)c1ccccc1. The summed E-state index contributed by atoms with van der Waals surface area (Å²) in [6.45, 7) is 1.83. The van der Waals surface area contributed by atoms with Crippen molar-refractivity contribution in [2.45, 2.75) is 51.0 Å². The van der Waals surface area contributed by atoms with Crippen molar-refractivity contribution in [1.29, 1.82) is 0 Å². The van der Waals surface area contributed by atoms with Gasteiger partial charge in [0.1, 0.15) is 5.82 Å². The molecule has 0 spiro atoms. The number of rotatable bonds is 7. The minimum Gasteiger partial charge on any atom is -0.271 e. The van der Waals surface area contributed by atoms with Gasteiger partial charge in [0.25, 0.3) is 0 Å². The van der Waals surface area contributed by atoms with Crippen molar-refractivity contribution in [1.82, 2.24) is 14.5 Å². The van der Waals surface area contributed by atoms with Gasteiger partial charge in [-0.05, 0) is 61.9 Å². The number of hydrogen-bond donors (Lipinski definition) is 1. The lowest BCUT2D eigenvalue weighted by molar-refractivity contribution is 0.547. The average Bonchev–Trinajstić information content (AvgIpc) is 2.96. The Bertz CT molecular complexity index is 1220. The van der Waals surface area contributed by atoms with Crippen LogP contribution >= 0.6 is 0 Å². The number of aromatic nitrogens is 2. The molecule has 1 heterocycles. The van der Waals surface area contributed by atoms with Gasteiger partial charge in [0.2, 0.25) is 10.0 Å². The molecule has 1 aromatic heterocycles. The lowest BCUT2D eigenvalue weighted by Gasteiger charge is -2.17. The largest absolute Gasteiger partial charge is 0.271 e. The molecule has 7 heteroatoms. The Morgan fingerprint density at radius 3 is 2.61 bits per heavy atom. The molecule has 5 nitrogen and oxygen atoms in total. The summed E-state index contributed by atoms with van der Waals surface area (Å²) < 4.78 is 43.3. The van der Waals surface area contributed by atoms with E-state index >= 15 is 0 Å². The molecule has 0 radical (unpaired) electrons. The summed E-state index contributed by atoms with van der Waals surface area (Å²) in [4.78, 5) is 0. The third kappa shape index (κ3) is 5.78. The number of sulfonamides is 1. The Morgan fingerprint density at radius 1 is 1.15 bits per heavy atom. The van der Waals surface area contributed by atoms with Crippen LogP contribution in [-0.2, 0) is 29.9 Å². The molecule has 3 aromatic rings. The second kappa shape index (κ2) is 10.0. The van der Waals surface area contributed by atoms with Crippen molar-refractivity contribution in [3.05, 3.63) is 93.9 Å². The zero-order valence-corrected chi connectivity index (χ0v) is 19.9. The third-order valence-corrected chi connectivity index (χ3v) is 7.46. The van der Waals surface area contributed by atoms with E-state index in [9.17, 15) is 12.8 Å². The van der Waals surface area contributed by atoms with E-state index in [1.165, 1.54) is 17.5 Å². The Labute approximate surface area is 195 Å². The van der Waals surface area contributed by atoms with E-state index in [2.05, 4.69) is 9.82 Å². The highest BCUT2D eigenvalue weighted by molar-refractivity contribution is 7.92. The maximum atomic E-state index is 13.3. The quantitative estimate of drug-likeness (QED) is 0.482. The number of hydrogen-bond acceptors (Lipinski definition) is 3. The Hall–Kier alpha value is -2.77. The summed E-state index contributed by atoms with van der Waals surface area (Å²) in [5, 5.41) is 5.88. The third-order valence-electron chi connectivity index (χ3n) is 6.28. The fraction of sp³-hybridized carbons (Fsp3) is 0.346. The lowest BCUT2D eigenvalue weighted by atomic mass is 9.91. The topological polar surface area (TPSA) is 64.0 Å². The first-order valence-corrected chi connectivity index (χ1v) is 12.9. The van der Waals surface area contributed by atoms with Crippen LogP contribution in [0.2, 0.25) is 0 Å². The molecule has 0 amide bonds. The second-order valence-electron chi connectivity index (χ2n) is 8.74. The predicted octanol–water partition coefficient (Wildman–Crippen LogP) is 5.26. The number of nitrogens with one attached hydrogen (secondary N) is 1. The number of fused-ring (bicyclic) bond motifs is 1. The van der Waals surface area contributed by atoms with E-state index in [-0.39, 0.29) is 17.8 Å². The van der Waals surface area contributed by atoms with Gasteiger partial charge in [-0.2, -0.15) is 5.10 Å². The molecule has 174 valence electrons. The van der Waals surface area contributed by atoms with Crippen LogP contribution in [0.4, 0.5) is 4.39 Å². The number of aryl methyl sites for hydroxylation is 1. The number of halogens is 1. The normalized spacial score (nSPS) is 17.6. The monoisotopic (exact) mass is 467 g/mol. The molecule has 33 heavy (non-hydrogen) atoms. The van der Waals surface area contributed by atoms with E-state index in [1.807, 2.05) is 61.1 Å².